The fourth-order valence-electron chi connectivity index (χ4n) is 3.96. The van der Waals surface area contributed by atoms with Gasteiger partial charge in [0.15, 0.2) is 11.2 Å². The molecule has 0 saturated carbocycles. The minimum Gasteiger partial charge on any atom is -0.328 e. The van der Waals surface area contributed by atoms with Gasteiger partial charge in [0, 0.05) is 33.2 Å². The van der Waals surface area contributed by atoms with E-state index in [0.29, 0.717) is 23.8 Å². The van der Waals surface area contributed by atoms with Crippen molar-refractivity contribution in [1.29, 1.82) is 0 Å². The van der Waals surface area contributed by atoms with Gasteiger partial charge in [-0.3, -0.25) is 18.8 Å². The van der Waals surface area contributed by atoms with Crippen LogP contribution in [0.1, 0.15) is 30.9 Å². The van der Waals surface area contributed by atoms with Gasteiger partial charge in [-0.25, -0.2) is 9.78 Å². The Bertz CT molecular complexity index is 1030. The Kier molecular flexibility index (Phi) is 4.54. The van der Waals surface area contributed by atoms with Crippen LogP contribution in [0.5, 0.6) is 0 Å². The van der Waals surface area contributed by atoms with Crippen LogP contribution in [0.15, 0.2) is 32.7 Å². The number of aryl methyl sites for hydroxylation is 2. The highest BCUT2D eigenvalue weighted by molar-refractivity contribution is 7.07. The molecule has 7 nitrogen and oxygen atoms in total. The molecule has 1 atom stereocenters. The highest BCUT2D eigenvalue weighted by atomic mass is 32.1. The number of rotatable bonds is 5. The monoisotopic (exact) mass is 373 g/mol. The first-order valence-electron chi connectivity index (χ1n) is 8.95. The summed E-state index contributed by atoms with van der Waals surface area (Å²) < 4.78 is 4.49. The van der Waals surface area contributed by atoms with Crippen molar-refractivity contribution in [3.8, 4) is 0 Å². The number of imidazole rings is 1. The van der Waals surface area contributed by atoms with Gasteiger partial charge in [-0.1, -0.05) is 0 Å². The molecule has 0 radical (unpaired) electrons. The number of nitrogens with zero attached hydrogens (tertiary/aromatic N) is 5. The zero-order chi connectivity index (χ0) is 18.3. The zero-order valence-electron chi connectivity index (χ0n) is 15.1. The highest BCUT2D eigenvalue weighted by Gasteiger charge is 2.25. The summed E-state index contributed by atoms with van der Waals surface area (Å²) in [5, 5.41) is 4.35. The van der Waals surface area contributed by atoms with Gasteiger partial charge >= 0.3 is 5.69 Å². The molecule has 0 aliphatic carbocycles. The summed E-state index contributed by atoms with van der Waals surface area (Å²) in [5.74, 6) is 0. The second-order valence-electron chi connectivity index (χ2n) is 6.93. The lowest BCUT2D eigenvalue weighted by molar-refractivity contribution is 0.248. The standard InChI is InChI=1S/C18H23N5O2S/c1-20-12-19-16-15(20)17(24)23(18(25)21(16)2)9-4-8-22-7-3-5-14(22)13-6-10-26-11-13/h6,10-12,14H,3-5,7-9H2,1-2H3/t14-/m0/s1. The lowest BCUT2D eigenvalue weighted by Crippen LogP contribution is -2.40. The van der Waals surface area contributed by atoms with Gasteiger partial charge in [0.25, 0.3) is 5.56 Å². The van der Waals surface area contributed by atoms with Crippen molar-refractivity contribution in [1.82, 2.24) is 23.6 Å². The largest absolute Gasteiger partial charge is 0.332 e. The van der Waals surface area contributed by atoms with E-state index in [1.165, 1.54) is 27.5 Å². The summed E-state index contributed by atoms with van der Waals surface area (Å²) in [6.07, 6.45) is 4.73. The number of thiophene rings is 1. The Balaban J connectivity index is 1.53. The summed E-state index contributed by atoms with van der Waals surface area (Å²) in [4.78, 5) is 31.9. The van der Waals surface area contributed by atoms with Gasteiger partial charge in [0.05, 0.1) is 6.33 Å². The van der Waals surface area contributed by atoms with Crippen LogP contribution in [0.3, 0.4) is 0 Å². The number of aromatic nitrogens is 4. The van der Waals surface area contributed by atoms with Crippen molar-refractivity contribution in [2.24, 2.45) is 14.1 Å². The van der Waals surface area contributed by atoms with E-state index >= 15 is 0 Å². The molecule has 0 bridgehead atoms. The van der Waals surface area contributed by atoms with Crippen LogP contribution in [0.2, 0.25) is 0 Å². The third kappa shape index (κ3) is 2.83. The summed E-state index contributed by atoms with van der Waals surface area (Å²) in [5.41, 5.74) is 1.76. The van der Waals surface area contributed by atoms with Gasteiger partial charge < -0.3 is 4.57 Å². The summed E-state index contributed by atoms with van der Waals surface area (Å²) in [7, 11) is 3.45. The number of hydrogen-bond acceptors (Lipinski definition) is 5. The van der Waals surface area contributed by atoms with E-state index in [0.717, 1.165) is 19.5 Å². The van der Waals surface area contributed by atoms with E-state index < -0.39 is 0 Å². The van der Waals surface area contributed by atoms with E-state index in [-0.39, 0.29) is 11.2 Å². The molecule has 1 fully saturated rings. The van der Waals surface area contributed by atoms with Crippen molar-refractivity contribution < 1.29 is 0 Å². The summed E-state index contributed by atoms with van der Waals surface area (Å²) in [6, 6.07) is 2.67. The molecular weight excluding hydrogens is 350 g/mol. The Morgan fingerprint density at radius 2 is 2.12 bits per heavy atom. The van der Waals surface area contributed by atoms with Crippen molar-refractivity contribution in [3.63, 3.8) is 0 Å². The lowest BCUT2D eigenvalue weighted by Gasteiger charge is -2.24. The molecule has 4 rings (SSSR count). The molecule has 1 saturated heterocycles. The van der Waals surface area contributed by atoms with Crippen LogP contribution in [0, 0.1) is 0 Å². The molecule has 3 aromatic rings. The molecule has 1 aliphatic rings. The van der Waals surface area contributed by atoms with Crippen molar-refractivity contribution in [3.05, 3.63) is 49.6 Å². The molecule has 0 N–H and O–H groups in total. The van der Waals surface area contributed by atoms with Crippen molar-refractivity contribution >= 4 is 22.5 Å². The van der Waals surface area contributed by atoms with E-state index in [2.05, 4.69) is 26.7 Å². The van der Waals surface area contributed by atoms with Gasteiger partial charge in [-0.15, -0.1) is 0 Å². The topological polar surface area (TPSA) is 65.1 Å². The van der Waals surface area contributed by atoms with Crippen LogP contribution >= 0.6 is 11.3 Å². The normalized spacial score (nSPS) is 18.2. The van der Waals surface area contributed by atoms with Crippen molar-refractivity contribution in [2.45, 2.75) is 31.8 Å². The number of fused-ring (bicyclic) bond motifs is 1. The fraction of sp³-hybridized carbons (Fsp3) is 0.500. The summed E-state index contributed by atoms with van der Waals surface area (Å²) in [6.45, 7) is 2.40. The van der Waals surface area contributed by atoms with E-state index in [1.54, 1.807) is 36.3 Å². The molecule has 4 heterocycles. The predicted molar refractivity (Wildman–Crippen MR) is 103 cm³/mol. The van der Waals surface area contributed by atoms with Gasteiger partial charge in [0.2, 0.25) is 0 Å². The smallest absolute Gasteiger partial charge is 0.328 e. The van der Waals surface area contributed by atoms with Crippen molar-refractivity contribution in [2.75, 3.05) is 13.1 Å². The fourth-order valence-corrected chi connectivity index (χ4v) is 4.67. The van der Waals surface area contributed by atoms with Gasteiger partial charge in [0.1, 0.15) is 0 Å². The number of likely N-dealkylation sites (tertiary alicyclic amines) is 1. The predicted octanol–water partition coefficient (Wildman–Crippen LogP) is 1.72. The quantitative estimate of drug-likeness (QED) is 0.683. The minimum absolute atomic E-state index is 0.251. The average molecular weight is 373 g/mol. The second kappa shape index (κ2) is 6.85. The first kappa shape index (κ1) is 17.2. The highest BCUT2D eigenvalue weighted by Crippen LogP contribution is 2.32. The third-order valence-corrected chi connectivity index (χ3v) is 6.02. The van der Waals surface area contributed by atoms with Crippen LogP contribution in [0.25, 0.3) is 11.2 Å². The maximum atomic E-state index is 12.7. The molecule has 0 aromatic carbocycles. The van der Waals surface area contributed by atoms with Crippen LogP contribution in [-0.4, -0.2) is 36.7 Å². The molecule has 8 heteroatoms. The molecule has 138 valence electrons. The van der Waals surface area contributed by atoms with Crippen LogP contribution in [-0.2, 0) is 20.6 Å². The van der Waals surface area contributed by atoms with Crippen LogP contribution < -0.4 is 11.2 Å². The second-order valence-corrected chi connectivity index (χ2v) is 7.71. The third-order valence-electron chi connectivity index (χ3n) is 5.32. The molecular formula is C18H23N5O2S. The molecule has 0 unspecified atom stereocenters. The van der Waals surface area contributed by atoms with Crippen LogP contribution in [0.4, 0.5) is 0 Å². The first-order valence-corrected chi connectivity index (χ1v) is 9.89. The Morgan fingerprint density at radius 1 is 1.27 bits per heavy atom. The lowest BCUT2D eigenvalue weighted by atomic mass is 10.1. The zero-order valence-corrected chi connectivity index (χ0v) is 15.9. The maximum Gasteiger partial charge on any atom is 0.332 e. The van der Waals surface area contributed by atoms with Gasteiger partial charge in [-0.2, -0.15) is 11.3 Å². The van der Waals surface area contributed by atoms with Gasteiger partial charge in [-0.05, 0) is 48.2 Å². The van der Waals surface area contributed by atoms with E-state index in [4.69, 9.17) is 0 Å². The Hall–Kier alpha value is -2.19. The SMILES string of the molecule is Cn1cnc2c1c(=O)n(CCCN1CCC[C@H]1c1ccsc1)c(=O)n2C. The minimum atomic E-state index is -0.294. The maximum absolute atomic E-state index is 12.7. The first-order chi connectivity index (χ1) is 12.6. The molecule has 3 aromatic heterocycles. The number of hydrogen-bond donors (Lipinski definition) is 0. The molecule has 0 amide bonds. The Morgan fingerprint density at radius 3 is 2.88 bits per heavy atom. The van der Waals surface area contributed by atoms with E-state index in [9.17, 15) is 9.59 Å². The molecule has 26 heavy (non-hydrogen) atoms. The Labute approximate surface area is 155 Å². The summed E-state index contributed by atoms with van der Waals surface area (Å²) >= 11 is 1.73. The molecule has 0 spiro atoms. The molecule has 1 aliphatic heterocycles. The van der Waals surface area contributed by atoms with E-state index in [1.807, 2.05) is 0 Å². The average Bonchev–Trinajstić information content (AvgIpc) is 3.36.